The minimum atomic E-state index is -3.49. The van der Waals surface area contributed by atoms with E-state index in [-0.39, 0.29) is 0 Å². The van der Waals surface area contributed by atoms with Gasteiger partial charge < -0.3 is 4.57 Å². The molecule has 0 bridgehead atoms. The fourth-order valence-corrected chi connectivity index (χ4v) is 7.35. The molecule has 5 rings (SSSR count). The average molecular weight is 507 g/mol. The van der Waals surface area contributed by atoms with Crippen LogP contribution in [0, 0.1) is 20.8 Å². The van der Waals surface area contributed by atoms with Gasteiger partial charge in [0, 0.05) is 41.3 Å². The Kier molecular flexibility index (Phi) is 6.51. The number of benzene rings is 3. The second-order valence-electron chi connectivity index (χ2n) is 9.73. The lowest BCUT2D eigenvalue weighted by Gasteiger charge is -2.32. The number of aryl methyl sites for hydroxylation is 2. The number of rotatable bonds is 5. The summed E-state index contributed by atoms with van der Waals surface area (Å²) in [5.41, 5.74) is 7.00. The third-order valence-electron chi connectivity index (χ3n) is 7.23. The third-order valence-corrected chi connectivity index (χ3v) is 9.36. The van der Waals surface area contributed by atoms with Crippen molar-refractivity contribution in [3.05, 3.63) is 99.7 Å². The molecule has 1 aliphatic heterocycles. The number of nitrogens with zero attached hydrogens (tertiary/aromatic N) is 2. The first-order valence-corrected chi connectivity index (χ1v) is 14.0. The summed E-state index contributed by atoms with van der Waals surface area (Å²) < 4.78 is 30.8. The van der Waals surface area contributed by atoms with E-state index >= 15 is 0 Å². The molecule has 0 amide bonds. The van der Waals surface area contributed by atoms with E-state index < -0.39 is 10.0 Å². The minimum absolute atomic E-state index is 0.331. The van der Waals surface area contributed by atoms with Crippen LogP contribution >= 0.6 is 11.6 Å². The molecule has 0 aliphatic carbocycles. The molecule has 1 fully saturated rings. The number of para-hydroxylation sites is 1. The largest absolute Gasteiger partial charge is 0.340 e. The SMILES string of the molecule is Cc1cc(C)cc(S(=O)(=O)N2CCC(c3c(C)n(Cc4ccc(Cl)cc4)c4ccccc34)CC2)c1. The summed E-state index contributed by atoms with van der Waals surface area (Å²) >= 11 is 6.09. The standard InChI is InChI=1S/C29H31ClN2O2S/c1-20-16-21(2)18-26(17-20)35(33,34)31-14-12-24(13-15-31)29-22(3)32(28-7-5-4-6-27(28)29)19-23-8-10-25(30)11-9-23/h4-11,16-18,24H,12-15,19H2,1-3H3. The molecule has 0 N–H and O–H groups in total. The van der Waals surface area contributed by atoms with Gasteiger partial charge in [0.2, 0.25) is 10.0 Å². The third kappa shape index (κ3) is 4.65. The first kappa shape index (κ1) is 24.1. The predicted molar refractivity (Wildman–Crippen MR) is 144 cm³/mol. The van der Waals surface area contributed by atoms with E-state index in [1.165, 1.54) is 27.7 Å². The van der Waals surface area contributed by atoms with Crippen molar-refractivity contribution >= 4 is 32.5 Å². The highest BCUT2D eigenvalue weighted by molar-refractivity contribution is 7.89. The molecule has 1 saturated heterocycles. The Hall–Kier alpha value is -2.60. The van der Waals surface area contributed by atoms with Crippen molar-refractivity contribution < 1.29 is 8.42 Å². The maximum absolute atomic E-state index is 13.4. The Morgan fingerprint density at radius 2 is 1.51 bits per heavy atom. The molecule has 0 unspecified atom stereocenters. The maximum atomic E-state index is 13.4. The van der Waals surface area contributed by atoms with Crippen LogP contribution in [-0.2, 0) is 16.6 Å². The average Bonchev–Trinajstić information content (AvgIpc) is 3.11. The first-order chi connectivity index (χ1) is 16.7. The van der Waals surface area contributed by atoms with E-state index in [0.717, 1.165) is 35.5 Å². The van der Waals surface area contributed by atoms with Crippen molar-refractivity contribution in [3.63, 3.8) is 0 Å². The molecule has 1 aliphatic rings. The molecule has 0 spiro atoms. The predicted octanol–water partition coefficient (Wildman–Crippen LogP) is 6.84. The lowest BCUT2D eigenvalue weighted by atomic mass is 9.88. The highest BCUT2D eigenvalue weighted by Crippen LogP contribution is 2.38. The molecule has 0 saturated carbocycles. The molecule has 4 nitrogen and oxygen atoms in total. The van der Waals surface area contributed by atoms with Crippen LogP contribution in [0.15, 0.2) is 71.6 Å². The van der Waals surface area contributed by atoms with Gasteiger partial charge in [0.1, 0.15) is 0 Å². The lowest BCUT2D eigenvalue weighted by Crippen LogP contribution is -2.38. The zero-order chi connectivity index (χ0) is 24.7. The molecule has 3 aromatic carbocycles. The summed E-state index contributed by atoms with van der Waals surface area (Å²) in [5.74, 6) is 0.331. The molecule has 6 heteroatoms. The van der Waals surface area contributed by atoms with E-state index in [1.54, 1.807) is 16.4 Å². The summed E-state index contributed by atoms with van der Waals surface area (Å²) in [6.45, 7) is 7.95. The van der Waals surface area contributed by atoms with Crippen LogP contribution in [0.5, 0.6) is 0 Å². The molecule has 0 atom stereocenters. The lowest BCUT2D eigenvalue weighted by molar-refractivity contribution is 0.319. The second-order valence-corrected chi connectivity index (χ2v) is 12.1. The number of aromatic nitrogens is 1. The Morgan fingerprint density at radius 3 is 2.17 bits per heavy atom. The van der Waals surface area contributed by atoms with Gasteiger partial charge in [0.15, 0.2) is 0 Å². The van der Waals surface area contributed by atoms with E-state index in [2.05, 4.69) is 47.9 Å². The highest BCUT2D eigenvalue weighted by atomic mass is 35.5. The molecule has 2 heterocycles. The van der Waals surface area contributed by atoms with Gasteiger partial charge in [-0.15, -0.1) is 0 Å². The minimum Gasteiger partial charge on any atom is -0.340 e. The smallest absolute Gasteiger partial charge is 0.243 e. The van der Waals surface area contributed by atoms with Gasteiger partial charge in [-0.1, -0.05) is 48.0 Å². The van der Waals surface area contributed by atoms with Crippen LogP contribution < -0.4 is 0 Å². The van der Waals surface area contributed by atoms with Crippen molar-refractivity contribution in [2.45, 2.75) is 51.0 Å². The zero-order valence-electron chi connectivity index (χ0n) is 20.5. The van der Waals surface area contributed by atoms with Crippen molar-refractivity contribution in [2.75, 3.05) is 13.1 Å². The van der Waals surface area contributed by atoms with Crippen molar-refractivity contribution in [3.8, 4) is 0 Å². The van der Waals surface area contributed by atoms with Crippen LogP contribution in [0.2, 0.25) is 5.02 Å². The Labute approximate surface area is 213 Å². The van der Waals surface area contributed by atoms with E-state index in [1.807, 2.05) is 32.0 Å². The van der Waals surface area contributed by atoms with Gasteiger partial charge in [-0.05, 0) is 92.1 Å². The van der Waals surface area contributed by atoms with Gasteiger partial charge in [-0.3, -0.25) is 0 Å². The summed E-state index contributed by atoms with van der Waals surface area (Å²) in [5, 5.41) is 2.01. The van der Waals surface area contributed by atoms with Crippen LogP contribution in [0.3, 0.4) is 0 Å². The number of hydrogen-bond acceptors (Lipinski definition) is 2. The molecule has 35 heavy (non-hydrogen) atoms. The van der Waals surface area contributed by atoms with Gasteiger partial charge >= 0.3 is 0 Å². The number of halogens is 1. The normalized spacial score (nSPS) is 15.7. The van der Waals surface area contributed by atoms with Crippen LogP contribution in [0.4, 0.5) is 0 Å². The number of piperidine rings is 1. The van der Waals surface area contributed by atoms with Gasteiger partial charge in [-0.25, -0.2) is 8.42 Å². The summed E-state index contributed by atoms with van der Waals surface area (Å²) in [6, 6.07) is 22.2. The Balaban J connectivity index is 1.42. The molecule has 4 aromatic rings. The summed E-state index contributed by atoms with van der Waals surface area (Å²) in [7, 11) is -3.49. The van der Waals surface area contributed by atoms with Crippen molar-refractivity contribution in [1.29, 1.82) is 0 Å². The highest BCUT2D eigenvalue weighted by Gasteiger charge is 2.32. The summed E-state index contributed by atoms with van der Waals surface area (Å²) in [4.78, 5) is 0.407. The van der Waals surface area contributed by atoms with Crippen molar-refractivity contribution in [1.82, 2.24) is 8.87 Å². The second kappa shape index (κ2) is 9.45. The Morgan fingerprint density at radius 1 is 0.886 bits per heavy atom. The monoisotopic (exact) mass is 506 g/mol. The van der Waals surface area contributed by atoms with Crippen LogP contribution in [0.1, 0.15) is 46.7 Å². The summed E-state index contributed by atoms with van der Waals surface area (Å²) in [6.07, 6.45) is 1.64. The van der Waals surface area contributed by atoms with Gasteiger partial charge in [0.25, 0.3) is 0 Å². The Bertz CT molecular complexity index is 1460. The van der Waals surface area contributed by atoms with Crippen LogP contribution in [0.25, 0.3) is 10.9 Å². The van der Waals surface area contributed by atoms with E-state index in [4.69, 9.17) is 11.6 Å². The fourth-order valence-electron chi connectivity index (χ4n) is 5.56. The molecular weight excluding hydrogens is 476 g/mol. The topological polar surface area (TPSA) is 42.3 Å². The maximum Gasteiger partial charge on any atom is 0.243 e. The quantitative estimate of drug-likeness (QED) is 0.297. The molecule has 0 radical (unpaired) electrons. The molecular formula is C29H31ClN2O2S. The first-order valence-electron chi connectivity index (χ1n) is 12.1. The van der Waals surface area contributed by atoms with Gasteiger partial charge in [0.05, 0.1) is 4.90 Å². The number of fused-ring (bicyclic) bond motifs is 1. The van der Waals surface area contributed by atoms with Crippen LogP contribution in [-0.4, -0.2) is 30.4 Å². The number of hydrogen-bond donors (Lipinski definition) is 0. The molecule has 1 aromatic heterocycles. The molecule has 182 valence electrons. The van der Waals surface area contributed by atoms with E-state index in [9.17, 15) is 8.42 Å². The van der Waals surface area contributed by atoms with Crippen molar-refractivity contribution in [2.24, 2.45) is 0 Å². The number of sulfonamides is 1. The zero-order valence-corrected chi connectivity index (χ0v) is 22.0. The fraction of sp³-hybridized carbons (Fsp3) is 0.310. The van der Waals surface area contributed by atoms with Gasteiger partial charge in [-0.2, -0.15) is 4.31 Å². The van der Waals surface area contributed by atoms with E-state index in [0.29, 0.717) is 23.9 Å².